The van der Waals surface area contributed by atoms with Crippen molar-refractivity contribution in [2.24, 2.45) is 7.05 Å². The van der Waals surface area contributed by atoms with E-state index in [1.165, 1.54) is 12.1 Å². The SMILES string of the molecule is CCc1nn(C)cc1C(=O)Nc1cc(Cl)cc(Cl)c1O. The topological polar surface area (TPSA) is 67.2 Å². The van der Waals surface area contributed by atoms with E-state index >= 15 is 0 Å². The first kappa shape index (κ1) is 14.7. The predicted molar refractivity (Wildman–Crippen MR) is 78.7 cm³/mol. The number of phenols is 1. The third kappa shape index (κ3) is 2.89. The molecule has 7 heteroatoms. The summed E-state index contributed by atoms with van der Waals surface area (Å²) in [6.07, 6.45) is 2.25. The summed E-state index contributed by atoms with van der Waals surface area (Å²) in [6, 6.07) is 2.83. The number of carbonyl (C=O) groups excluding carboxylic acids is 1. The second kappa shape index (κ2) is 5.73. The van der Waals surface area contributed by atoms with Gasteiger partial charge in [-0.25, -0.2) is 0 Å². The summed E-state index contributed by atoms with van der Waals surface area (Å²) in [5.41, 5.74) is 1.29. The van der Waals surface area contributed by atoms with Gasteiger partial charge in [-0.1, -0.05) is 30.1 Å². The van der Waals surface area contributed by atoms with E-state index in [4.69, 9.17) is 23.2 Å². The number of hydrogen-bond acceptors (Lipinski definition) is 3. The van der Waals surface area contributed by atoms with E-state index in [1.54, 1.807) is 17.9 Å². The number of phenolic OH excluding ortho intramolecular Hbond substituents is 1. The van der Waals surface area contributed by atoms with Gasteiger partial charge in [0.2, 0.25) is 0 Å². The molecule has 2 aromatic rings. The summed E-state index contributed by atoms with van der Waals surface area (Å²) in [5, 5.41) is 17.0. The van der Waals surface area contributed by atoms with Crippen LogP contribution in [0.5, 0.6) is 5.75 Å². The molecule has 0 atom stereocenters. The molecule has 0 spiro atoms. The normalized spacial score (nSPS) is 10.6. The van der Waals surface area contributed by atoms with Gasteiger partial charge in [-0.2, -0.15) is 5.10 Å². The maximum Gasteiger partial charge on any atom is 0.259 e. The van der Waals surface area contributed by atoms with Crippen molar-refractivity contribution in [2.75, 3.05) is 5.32 Å². The number of halogens is 2. The molecule has 1 aromatic heterocycles. The van der Waals surface area contributed by atoms with Crippen LogP contribution in [0.1, 0.15) is 23.0 Å². The van der Waals surface area contributed by atoms with E-state index in [9.17, 15) is 9.90 Å². The number of benzene rings is 1. The minimum absolute atomic E-state index is 0.0784. The van der Waals surface area contributed by atoms with Crippen molar-refractivity contribution in [1.82, 2.24) is 9.78 Å². The molecule has 0 fully saturated rings. The largest absolute Gasteiger partial charge is 0.504 e. The van der Waals surface area contributed by atoms with E-state index in [0.717, 1.165) is 0 Å². The van der Waals surface area contributed by atoms with Crippen LogP contribution in [0.2, 0.25) is 10.0 Å². The first-order valence-corrected chi connectivity index (χ1v) is 6.69. The molecule has 0 radical (unpaired) electrons. The zero-order chi connectivity index (χ0) is 14.9. The van der Waals surface area contributed by atoms with Crippen LogP contribution in [0.25, 0.3) is 0 Å². The lowest BCUT2D eigenvalue weighted by molar-refractivity contribution is 0.102. The fourth-order valence-electron chi connectivity index (χ4n) is 1.84. The summed E-state index contributed by atoms with van der Waals surface area (Å²) in [6.45, 7) is 1.91. The number of nitrogens with zero attached hydrogens (tertiary/aromatic N) is 2. The quantitative estimate of drug-likeness (QED) is 0.855. The predicted octanol–water partition coefficient (Wildman–Crippen LogP) is 3.25. The van der Waals surface area contributed by atoms with Crippen molar-refractivity contribution in [3.8, 4) is 5.75 Å². The van der Waals surface area contributed by atoms with Gasteiger partial charge < -0.3 is 10.4 Å². The molecule has 0 aliphatic heterocycles. The van der Waals surface area contributed by atoms with Gasteiger partial charge in [0.1, 0.15) is 0 Å². The molecule has 2 rings (SSSR count). The van der Waals surface area contributed by atoms with Crippen LogP contribution >= 0.6 is 23.2 Å². The Morgan fingerprint density at radius 1 is 1.45 bits per heavy atom. The standard InChI is InChI=1S/C13H13Cl2N3O2/c1-3-10-8(6-18(2)17-10)13(20)16-11-5-7(14)4-9(15)12(11)19/h4-6,19H,3H2,1-2H3,(H,16,20). The lowest BCUT2D eigenvalue weighted by Gasteiger charge is -2.09. The number of anilines is 1. The molecule has 1 aromatic carbocycles. The van der Waals surface area contributed by atoms with E-state index in [1.807, 2.05) is 6.92 Å². The van der Waals surface area contributed by atoms with E-state index in [0.29, 0.717) is 22.7 Å². The molecule has 2 N–H and O–H groups in total. The smallest absolute Gasteiger partial charge is 0.259 e. The molecule has 0 saturated carbocycles. The van der Waals surface area contributed by atoms with E-state index < -0.39 is 0 Å². The van der Waals surface area contributed by atoms with Crippen LogP contribution in [-0.4, -0.2) is 20.8 Å². The fraction of sp³-hybridized carbons (Fsp3) is 0.231. The molecule has 106 valence electrons. The molecule has 1 amide bonds. The van der Waals surface area contributed by atoms with Crippen LogP contribution in [0, 0.1) is 0 Å². The summed E-state index contributed by atoms with van der Waals surface area (Å²) in [5.74, 6) is -0.588. The number of aryl methyl sites for hydroxylation is 2. The highest BCUT2D eigenvalue weighted by Crippen LogP contribution is 2.35. The molecule has 0 saturated heterocycles. The summed E-state index contributed by atoms with van der Waals surface area (Å²) >= 11 is 11.7. The number of amides is 1. The Bertz CT molecular complexity index is 668. The average Bonchev–Trinajstić information content (AvgIpc) is 2.76. The maximum absolute atomic E-state index is 12.2. The Hall–Kier alpha value is -1.72. The average molecular weight is 314 g/mol. The van der Waals surface area contributed by atoms with Gasteiger partial charge in [-0.3, -0.25) is 9.48 Å². The highest BCUT2D eigenvalue weighted by atomic mass is 35.5. The Balaban J connectivity index is 2.32. The minimum atomic E-state index is -0.372. The van der Waals surface area contributed by atoms with E-state index in [-0.39, 0.29) is 22.4 Å². The second-order valence-corrected chi connectivity index (χ2v) is 5.10. The van der Waals surface area contributed by atoms with Gasteiger partial charge in [-0.15, -0.1) is 0 Å². The number of carbonyl (C=O) groups is 1. The molecule has 0 aliphatic carbocycles. The van der Waals surface area contributed by atoms with Crippen molar-refractivity contribution in [3.63, 3.8) is 0 Å². The lowest BCUT2D eigenvalue weighted by Crippen LogP contribution is -2.13. The first-order valence-electron chi connectivity index (χ1n) is 5.94. The molecule has 0 unspecified atom stereocenters. The number of aromatic hydroxyl groups is 1. The van der Waals surface area contributed by atoms with Gasteiger partial charge in [-0.05, 0) is 18.6 Å². The molecule has 0 aliphatic rings. The van der Waals surface area contributed by atoms with Crippen LogP contribution in [0.15, 0.2) is 18.3 Å². The fourth-order valence-corrected chi connectivity index (χ4v) is 2.33. The minimum Gasteiger partial charge on any atom is -0.504 e. The van der Waals surface area contributed by atoms with Crippen LogP contribution in [-0.2, 0) is 13.5 Å². The molecule has 5 nitrogen and oxygen atoms in total. The van der Waals surface area contributed by atoms with Gasteiger partial charge in [0.25, 0.3) is 5.91 Å². The molecule has 0 bridgehead atoms. The van der Waals surface area contributed by atoms with Gasteiger partial charge in [0, 0.05) is 18.3 Å². The van der Waals surface area contributed by atoms with Crippen molar-refractivity contribution >= 4 is 34.8 Å². The highest BCUT2D eigenvalue weighted by molar-refractivity contribution is 6.36. The van der Waals surface area contributed by atoms with Crippen molar-refractivity contribution in [1.29, 1.82) is 0 Å². The zero-order valence-electron chi connectivity index (χ0n) is 10.9. The zero-order valence-corrected chi connectivity index (χ0v) is 12.5. The molecule has 1 heterocycles. The van der Waals surface area contributed by atoms with Crippen LogP contribution in [0.4, 0.5) is 5.69 Å². The highest BCUT2D eigenvalue weighted by Gasteiger charge is 2.17. The van der Waals surface area contributed by atoms with Crippen molar-refractivity contribution in [3.05, 3.63) is 39.6 Å². The summed E-state index contributed by atoms with van der Waals surface area (Å²) < 4.78 is 1.57. The van der Waals surface area contributed by atoms with Gasteiger partial charge >= 0.3 is 0 Å². The first-order chi connectivity index (χ1) is 9.42. The second-order valence-electron chi connectivity index (χ2n) is 4.25. The molecular weight excluding hydrogens is 301 g/mol. The Morgan fingerprint density at radius 2 is 2.15 bits per heavy atom. The molecular formula is C13H13Cl2N3O2. The summed E-state index contributed by atoms with van der Waals surface area (Å²) in [4.78, 5) is 12.2. The number of hydrogen-bond donors (Lipinski definition) is 2. The van der Waals surface area contributed by atoms with Crippen LogP contribution < -0.4 is 5.32 Å². The third-order valence-electron chi connectivity index (χ3n) is 2.76. The van der Waals surface area contributed by atoms with Crippen LogP contribution in [0.3, 0.4) is 0 Å². The summed E-state index contributed by atoms with van der Waals surface area (Å²) in [7, 11) is 1.74. The van der Waals surface area contributed by atoms with E-state index in [2.05, 4.69) is 10.4 Å². The van der Waals surface area contributed by atoms with Gasteiger partial charge in [0.15, 0.2) is 5.75 Å². The Kier molecular flexibility index (Phi) is 4.20. The Labute approximate surface area is 126 Å². The monoisotopic (exact) mass is 313 g/mol. The number of nitrogens with one attached hydrogen (secondary N) is 1. The number of rotatable bonds is 3. The number of aromatic nitrogens is 2. The Morgan fingerprint density at radius 3 is 2.80 bits per heavy atom. The van der Waals surface area contributed by atoms with Crippen molar-refractivity contribution in [2.45, 2.75) is 13.3 Å². The third-order valence-corrected chi connectivity index (χ3v) is 3.27. The van der Waals surface area contributed by atoms with Crippen molar-refractivity contribution < 1.29 is 9.90 Å². The lowest BCUT2D eigenvalue weighted by atomic mass is 10.2. The maximum atomic E-state index is 12.2. The molecule has 20 heavy (non-hydrogen) atoms. The van der Waals surface area contributed by atoms with Gasteiger partial charge in [0.05, 0.1) is 22.0 Å².